The number of rotatable bonds is 5. The Morgan fingerprint density at radius 1 is 1.00 bits per heavy atom. The van der Waals surface area contributed by atoms with Gasteiger partial charge in [0.2, 0.25) is 0 Å². The monoisotopic (exact) mass is 627 g/mol. The molecule has 0 aromatic heterocycles. The molecular formula is C31H25Cl4N3OS. The zero-order valence-corrected chi connectivity index (χ0v) is 25.7. The van der Waals surface area contributed by atoms with Gasteiger partial charge < -0.3 is 5.73 Å². The highest BCUT2D eigenvalue weighted by molar-refractivity contribution is 7.98. The van der Waals surface area contributed by atoms with Crippen LogP contribution in [0.4, 0.5) is 5.69 Å². The van der Waals surface area contributed by atoms with E-state index in [1.807, 2.05) is 19.9 Å². The predicted octanol–water partition coefficient (Wildman–Crippen LogP) is 9.51. The molecule has 9 heteroatoms. The summed E-state index contributed by atoms with van der Waals surface area (Å²) in [6.07, 6.45) is 1.75. The van der Waals surface area contributed by atoms with E-state index in [4.69, 9.17) is 52.1 Å². The van der Waals surface area contributed by atoms with Gasteiger partial charge in [0.05, 0.1) is 28.3 Å². The fraction of sp³-hybridized carbons (Fsp3) is 0.226. The molecule has 0 radical (unpaired) electrons. The van der Waals surface area contributed by atoms with E-state index in [9.17, 15) is 10.1 Å². The summed E-state index contributed by atoms with van der Waals surface area (Å²) < 4.78 is 0. The number of anilines is 1. The van der Waals surface area contributed by atoms with Crippen LogP contribution in [-0.4, -0.2) is 5.78 Å². The Morgan fingerprint density at radius 2 is 1.73 bits per heavy atom. The van der Waals surface area contributed by atoms with E-state index in [-0.39, 0.29) is 11.6 Å². The molecular weight excluding hydrogens is 604 g/mol. The highest BCUT2D eigenvalue weighted by Crippen LogP contribution is 2.48. The lowest BCUT2D eigenvalue weighted by molar-refractivity contribution is -0.116. The molecule has 204 valence electrons. The first-order valence-electron chi connectivity index (χ1n) is 12.7. The number of benzene rings is 3. The quantitative estimate of drug-likeness (QED) is 0.285. The topological polar surface area (TPSA) is 70.1 Å². The van der Waals surface area contributed by atoms with Crippen molar-refractivity contribution < 1.29 is 4.79 Å². The van der Waals surface area contributed by atoms with Crippen LogP contribution < -0.4 is 10.6 Å². The number of ketones is 1. The summed E-state index contributed by atoms with van der Waals surface area (Å²) in [5.41, 5.74) is 13.1. The molecule has 1 atom stereocenters. The summed E-state index contributed by atoms with van der Waals surface area (Å²) in [4.78, 5) is 16.3. The molecule has 0 spiro atoms. The van der Waals surface area contributed by atoms with Crippen molar-refractivity contribution in [3.63, 3.8) is 0 Å². The lowest BCUT2D eigenvalue weighted by atomic mass is 9.73. The summed E-state index contributed by atoms with van der Waals surface area (Å²) in [5, 5.41) is 12.6. The number of hydrogen-bond acceptors (Lipinski definition) is 5. The SMILES string of the molecule is Cc1cc(CSc2cc(Cl)ccc2Cl)c(C)c(C2C(C#N)=C(N)N(c3cc(Cl)cc(Cl)c3)C3=C2C(=O)CCC3)c1. The molecule has 1 aliphatic carbocycles. The smallest absolute Gasteiger partial charge is 0.161 e. The van der Waals surface area contributed by atoms with Gasteiger partial charge in [-0.3, -0.25) is 9.69 Å². The van der Waals surface area contributed by atoms with Crippen LogP contribution in [-0.2, 0) is 10.5 Å². The number of carbonyl (C=O) groups is 1. The number of hydrogen-bond donors (Lipinski definition) is 1. The third-order valence-corrected chi connectivity index (χ3v) is 9.52. The zero-order chi connectivity index (χ0) is 28.7. The second kappa shape index (κ2) is 11.7. The van der Waals surface area contributed by atoms with Crippen LogP contribution in [0, 0.1) is 25.2 Å². The van der Waals surface area contributed by atoms with E-state index in [2.05, 4.69) is 18.2 Å². The highest BCUT2D eigenvalue weighted by Gasteiger charge is 2.41. The summed E-state index contributed by atoms with van der Waals surface area (Å²) in [6, 6.07) is 17.1. The molecule has 0 fully saturated rings. The van der Waals surface area contributed by atoms with Crippen LogP contribution in [0.5, 0.6) is 0 Å². The molecule has 1 unspecified atom stereocenters. The van der Waals surface area contributed by atoms with Crippen molar-refractivity contribution in [1.82, 2.24) is 0 Å². The van der Waals surface area contributed by atoms with E-state index in [1.54, 1.807) is 47.0 Å². The number of halogens is 4. The molecule has 1 heterocycles. The average Bonchev–Trinajstić information content (AvgIpc) is 2.89. The highest BCUT2D eigenvalue weighted by atomic mass is 35.5. The van der Waals surface area contributed by atoms with E-state index >= 15 is 0 Å². The van der Waals surface area contributed by atoms with Gasteiger partial charge in [-0.15, -0.1) is 11.8 Å². The normalized spacial score (nSPS) is 17.3. The summed E-state index contributed by atoms with van der Waals surface area (Å²) in [6.45, 7) is 4.05. The number of nitriles is 1. The van der Waals surface area contributed by atoms with Crippen molar-refractivity contribution in [3.05, 3.63) is 114 Å². The fourth-order valence-electron chi connectivity index (χ4n) is 5.52. The van der Waals surface area contributed by atoms with Gasteiger partial charge in [-0.25, -0.2) is 0 Å². The maximum absolute atomic E-state index is 13.6. The second-order valence-electron chi connectivity index (χ2n) is 9.95. The molecule has 0 amide bonds. The number of aryl methyl sites for hydroxylation is 1. The molecule has 4 nitrogen and oxygen atoms in total. The Hall–Kier alpha value is -2.59. The number of Topliss-reactive ketones (excluding diaryl/α,β-unsaturated/α-hetero) is 1. The predicted molar refractivity (Wildman–Crippen MR) is 166 cm³/mol. The minimum absolute atomic E-state index is 0.0205. The molecule has 40 heavy (non-hydrogen) atoms. The molecule has 5 rings (SSSR count). The molecule has 0 saturated heterocycles. The first-order chi connectivity index (χ1) is 19.1. The standard InChI is InChI=1S/C31H25Cl4N3OS/c1-16-8-18(15-40-28-13-19(32)6-7-25(28)35)17(2)23(9-16)29-24(14-36)31(37)38(22-11-20(33)10-21(34)12-22)26-4-3-5-27(39)30(26)29/h6-13,29H,3-5,15,37H2,1-2H3. The molecule has 3 aromatic carbocycles. The maximum atomic E-state index is 13.6. The Labute approximate surface area is 258 Å². The maximum Gasteiger partial charge on any atom is 0.161 e. The van der Waals surface area contributed by atoms with Gasteiger partial charge in [-0.05, 0) is 79.8 Å². The molecule has 3 aromatic rings. The minimum atomic E-state index is -0.572. The summed E-state index contributed by atoms with van der Waals surface area (Å²) in [5.74, 6) is 0.368. The fourth-order valence-corrected chi connectivity index (χ4v) is 7.58. The minimum Gasteiger partial charge on any atom is -0.384 e. The van der Waals surface area contributed by atoms with Crippen LogP contribution in [0.1, 0.15) is 47.4 Å². The van der Waals surface area contributed by atoms with Crippen LogP contribution in [0.15, 0.2) is 76.1 Å². The zero-order valence-electron chi connectivity index (χ0n) is 21.8. The number of carbonyl (C=O) groups excluding carboxylic acids is 1. The lowest BCUT2D eigenvalue weighted by Gasteiger charge is -2.40. The van der Waals surface area contributed by atoms with E-state index in [1.165, 1.54) is 0 Å². The van der Waals surface area contributed by atoms with Crippen LogP contribution >= 0.6 is 58.2 Å². The first kappa shape index (κ1) is 28.9. The van der Waals surface area contributed by atoms with Gasteiger partial charge in [0, 0.05) is 43.4 Å². The van der Waals surface area contributed by atoms with E-state index in [0.29, 0.717) is 61.9 Å². The van der Waals surface area contributed by atoms with Crippen LogP contribution in [0.2, 0.25) is 20.1 Å². The van der Waals surface area contributed by atoms with Gasteiger partial charge in [-0.1, -0.05) is 64.1 Å². The lowest BCUT2D eigenvalue weighted by Crippen LogP contribution is -2.39. The Bertz CT molecular complexity index is 1640. The Morgan fingerprint density at radius 3 is 2.42 bits per heavy atom. The van der Waals surface area contributed by atoms with Gasteiger partial charge in [0.25, 0.3) is 0 Å². The molecule has 2 aliphatic rings. The van der Waals surface area contributed by atoms with Crippen LogP contribution in [0.25, 0.3) is 0 Å². The summed E-state index contributed by atoms with van der Waals surface area (Å²) in [7, 11) is 0. The van der Waals surface area contributed by atoms with E-state index < -0.39 is 5.92 Å². The van der Waals surface area contributed by atoms with Gasteiger partial charge in [0.15, 0.2) is 5.78 Å². The molecule has 2 N–H and O–H groups in total. The number of nitrogens with zero attached hydrogens (tertiary/aromatic N) is 2. The largest absolute Gasteiger partial charge is 0.384 e. The van der Waals surface area contributed by atoms with E-state index in [0.717, 1.165) is 32.8 Å². The molecule has 0 saturated carbocycles. The van der Waals surface area contributed by atoms with Crippen molar-refractivity contribution in [2.24, 2.45) is 5.73 Å². The number of thioether (sulfide) groups is 1. The van der Waals surface area contributed by atoms with Crippen LogP contribution in [0.3, 0.4) is 0 Å². The van der Waals surface area contributed by atoms with Gasteiger partial charge >= 0.3 is 0 Å². The van der Waals surface area contributed by atoms with Gasteiger partial charge in [0.1, 0.15) is 5.82 Å². The van der Waals surface area contributed by atoms with Crippen molar-refractivity contribution in [3.8, 4) is 6.07 Å². The third-order valence-electron chi connectivity index (χ3n) is 7.31. The molecule has 0 bridgehead atoms. The van der Waals surface area contributed by atoms with Crippen molar-refractivity contribution in [2.75, 3.05) is 4.90 Å². The Balaban J connectivity index is 1.65. The summed E-state index contributed by atoms with van der Waals surface area (Å²) >= 11 is 26.9. The second-order valence-corrected chi connectivity index (χ2v) is 12.7. The number of nitrogens with two attached hydrogens (primary N) is 1. The first-order valence-corrected chi connectivity index (χ1v) is 15.2. The Kier molecular flexibility index (Phi) is 8.47. The van der Waals surface area contributed by atoms with Gasteiger partial charge in [-0.2, -0.15) is 5.26 Å². The average molecular weight is 629 g/mol. The van der Waals surface area contributed by atoms with Crippen molar-refractivity contribution in [2.45, 2.75) is 49.7 Å². The number of allylic oxidation sites excluding steroid dienone is 3. The molecule has 1 aliphatic heterocycles. The van der Waals surface area contributed by atoms with Crippen molar-refractivity contribution in [1.29, 1.82) is 5.26 Å². The van der Waals surface area contributed by atoms with Crippen molar-refractivity contribution >= 4 is 69.6 Å². The third kappa shape index (κ3) is 5.49.